The van der Waals surface area contributed by atoms with Crippen LogP contribution >= 0.6 is 0 Å². The molecule has 1 N–H and O–H groups in total. The summed E-state index contributed by atoms with van der Waals surface area (Å²) in [5.74, 6) is 0.512. The van der Waals surface area contributed by atoms with Crippen LogP contribution in [-0.4, -0.2) is 19.1 Å². The van der Waals surface area contributed by atoms with Crippen molar-refractivity contribution in [2.45, 2.75) is 6.42 Å². The second kappa shape index (κ2) is 7.07. The summed E-state index contributed by atoms with van der Waals surface area (Å²) in [4.78, 5) is 10.8. The predicted molar refractivity (Wildman–Crippen MR) is 64.5 cm³/mol. The van der Waals surface area contributed by atoms with E-state index in [9.17, 15) is 4.79 Å². The lowest BCUT2D eigenvalue weighted by atomic mass is 10.2. The van der Waals surface area contributed by atoms with Gasteiger partial charge < -0.3 is 10.1 Å². The molecule has 0 saturated carbocycles. The second-order valence-electron chi connectivity index (χ2n) is 3.32. The third kappa shape index (κ3) is 4.85. The molecule has 1 aromatic carbocycles. The van der Waals surface area contributed by atoms with Crippen molar-refractivity contribution in [3.8, 4) is 11.8 Å². The highest BCUT2D eigenvalue weighted by Gasteiger charge is 1.96. The Balaban J connectivity index is 2.30. The summed E-state index contributed by atoms with van der Waals surface area (Å²) >= 11 is 0. The molecule has 0 aliphatic heterocycles. The Morgan fingerprint density at radius 3 is 2.76 bits per heavy atom. The first kappa shape index (κ1) is 12.8. The lowest BCUT2D eigenvalue weighted by Gasteiger charge is -2.06. The zero-order valence-corrected chi connectivity index (χ0v) is 9.48. The summed E-state index contributed by atoms with van der Waals surface area (Å²) in [5, 5.41) is 11.1. The average molecular weight is 230 g/mol. The summed E-state index contributed by atoms with van der Waals surface area (Å²) in [7, 11) is 0. The quantitative estimate of drug-likeness (QED) is 0.594. The number of hydrogen-bond acceptors (Lipinski definition) is 3. The van der Waals surface area contributed by atoms with E-state index in [2.05, 4.69) is 18.0 Å². The van der Waals surface area contributed by atoms with Crippen molar-refractivity contribution in [1.82, 2.24) is 5.32 Å². The Morgan fingerprint density at radius 1 is 1.47 bits per heavy atom. The summed E-state index contributed by atoms with van der Waals surface area (Å²) in [6, 6.07) is 9.39. The minimum absolute atomic E-state index is 0.210. The monoisotopic (exact) mass is 230 g/mol. The van der Waals surface area contributed by atoms with Crippen molar-refractivity contribution < 1.29 is 9.53 Å². The molecule has 88 valence electrons. The van der Waals surface area contributed by atoms with Crippen LogP contribution in [0.2, 0.25) is 0 Å². The molecule has 4 nitrogen and oxygen atoms in total. The highest BCUT2D eigenvalue weighted by molar-refractivity contribution is 5.86. The number of hydrogen-bond donors (Lipinski definition) is 1. The van der Waals surface area contributed by atoms with Gasteiger partial charge in [0.25, 0.3) is 0 Å². The van der Waals surface area contributed by atoms with Crippen molar-refractivity contribution in [2.24, 2.45) is 0 Å². The van der Waals surface area contributed by atoms with Crippen LogP contribution in [0.15, 0.2) is 36.9 Å². The van der Waals surface area contributed by atoms with Gasteiger partial charge in [-0.1, -0.05) is 18.7 Å². The average Bonchev–Trinajstić information content (AvgIpc) is 2.36. The Morgan fingerprint density at radius 2 is 2.18 bits per heavy atom. The highest BCUT2D eigenvalue weighted by atomic mass is 16.5. The number of carbonyl (C=O) groups is 1. The van der Waals surface area contributed by atoms with Crippen LogP contribution in [0.25, 0.3) is 0 Å². The smallest absolute Gasteiger partial charge is 0.243 e. The molecule has 0 aliphatic carbocycles. The summed E-state index contributed by atoms with van der Waals surface area (Å²) in [6.45, 7) is 4.18. The number of rotatable bonds is 6. The summed E-state index contributed by atoms with van der Waals surface area (Å²) < 4.78 is 5.40. The maximum atomic E-state index is 10.8. The molecular formula is C13H14N2O2. The van der Waals surface area contributed by atoms with Crippen molar-refractivity contribution in [3.63, 3.8) is 0 Å². The number of benzene rings is 1. The van der Waals surface area contributed by atoms with Gasteiger partial charge in [-0.05, 0) is 23.8 Å². The fourth-order valence-corrected chi connectivity index (χ4v) is 1.21. The molecule has 0 heterocycles. The number of nitrogens with zero attached hydrogens (tertiary/aromatic N) is 1. The van der Waals surface area contributed by atoms with Gasteiger partial charge in [0.05, 0.1) is 19.0 Å². The van der Waals surface area contributed by atoms with E-state index in [4.69, 9.17) is 10.00 Å². The van der Waals surface area contributed by atoms with E-state index >= 15 is 0 Å². The molecule has 0 bridgehead atoms. The van der Waals surface area contributed by atoms with Crippen molar-refractivity contribution >= 4 is 5.91 Å². The van der Waals surface area contributed by atoms with Crippen molar-refractivity contribution in [3.05, 3.63) is 42.5 Å². The van der Waals surface area contributed by atoms with E-state index in [1.54, 1.807) is 0 Å². The van der Waals surface area contributed by atoms with Gasteiger partial charge >= 0.3 is 0 Å². The first-order valence-electron chi connectivity index (χ1n) is 5.25. The second-order valence-corrected chi connectivity index (χ2v) is 3.32. The zero-order chi connectivity index (χ0) is 12.5. The normalized spacial score (nSPS) is 9.12. The molecule has 0 spiro atoms. The number of amides is 1. The Bertz CT molecular complexity index is 418. The maximum absolute atomic E-state index is 10.8. The zero-order valence-electron chi connectivity index (χ0n) is 9.48. The van der Waals surface area contributed by atoms with E-state index in [1.165, 1.54) is 6.08 Å². The van der Waals surface area contributed by atoms with Gasteiger partial charge in [-0.3, -0.25) is 4.79 Å². The van der Waals surface area contributed by atoms with Crippen LogP contribution in [0.1, 0.15) is 5.56 Å². The third-order valence-electron chi connectivity index (χ3n) is 2.06. The molecule has 4 heteroatoms. The van der Waals surface area contributed by atoms with Crippen molar-refractivity contribution in [1.29, 1.82) is 5.26 Å². The first-order chi connectivity index (χ1) is 8.26. The van der Waals surface area contributed by atoms with Gasteiger partial charge in [0.1, 0.15) is 12.4 Å². The van der Waals surface area contributed by atoms with Gasteiger partial charge in [0.15, 0.2) is 0 Å². The molecule has 0 unspecified atom stereocenters. The molecule has 0 aromatic heterocycles. The van der Waals surface area contributed by atoms with Gasteiger partial charge in [0, 0.05) is 0 Å². The lowest BCUT2D eigenvalue weighted by molar-refractivity contribution is -0.116. The van der Waals surface area contributed by atoms with Crippen LogP contribution in [-0.2, 0) is 11.2 Å². The Labute approximate surface area is 101 Å². The van der Waals surface area contributed by atoms with Gasteiger partial charge in [0.2, 0.25) is 5.91 Å². The topological polar surface area (TPSA) is 62.1 Å². The van der Waals surface area contributed by atoms with E-state index in [0.29, 0.717) is 19.6 Å². The van der Waals surface area contributed by atoms with Crippen LogP contribution in [0.4, 0.5) is 0 Å². The Kier molecular flexibility index (Phi) is 5.32. The van der Waals surface area contributed by atoms with Gasteiger partial charge in [-0.2, -0.15) is 5.26 Å². The first-order valence-corrected chi connectivity index (χ1v) is 5.25. The Hall–Kier alpha value is -2.28. The number of ether oxygens (including phenoxy) is 1. The molecule has 1 amide bonds. The maximum Gasteiger partial charge on any atom is 0.243 e. The van der Waals surface area contributed by atoms with Crippen LogP contribution < -0.4 is 10.1 Å². The lowest BCUT2D eigenvalue weighted by Crippen LogP contribution is -2.26. The standard InChI is InChI=1S/C13H14N2O2/c1-2-13(16)15-9-10-17-12-5-3-11(4-6-12)7-8-14/h2-6H,1,7,9-10H2,(H,15,16). The highest BCUT2D eigenvalue weighted by Crippen LogP contribution is 2.11. The van der Waals surface area contributed by atoms with E-state index < -0.39 is 0 Å². The largest absolute Gasteiger partial charge is 0.492 e. The summed E-state index contributed by atoms with van der Waals surface area (Å²) in [5.41, 5.74) is 0.958. The van der Waals surface area contributed by atoms with Gasteiger partial charge in [-0.25, -0.2) is 0 Å². The molecule has 0 atom stereocenters. The molecule has 0 fully saturated rings. The molecular weight excluding hydrogens is 216 g/mol. The summed E-state index contributed by atoms with van der Waals surface area (Å²) in [6.07, 6.45) is 1.62. The minimum atomic E-state index is -0.210. The molecule has 17 heavy (non-hydrogen) atoms. The minimum Gasteiger partial charge on any atom is -0.492 e. The fraction of sp³-hybridized carbons (Fsp3) is 0.231. The van der Waals surface area contributed by atoms with E-state index in [-0.39, 0.29) is 5.91 Å². The number of nitriles is 1. The van der Waals surface area contributed by atoms with Crippen LogP contribution in [0.3, 0.4) is 0 Å². The van der Waals surface area contributed by atoms with Crippen LogP contribution in [0, 0.1) is 11.3 Å². The van der Waals surface area contributed by atoms with E-state index in [1.807, 2.05) is 24.3 Å². The van der Waals surface area contributed by atoms with E-state index in [0.717, 1.165) is 11.3 Å². The molecule has 1 rings (SSSR count). The third-order valence-corrected chi connectivity index (χ3v) is 2.06. The number of nitrogens with one attached hydrogen (secondary N) is 1. The SMILES string of the molecule is C=CC(=O)NCCOc1ccc(CC#N)cc1. The molecule has 0 saturated heterocycles. The molecule has 1 aromatic rings. The molecule has 0 radical (unpaired) electrons. The number of carbonyl (C=O) groups excluding carboxylic acids is 1. The van der Waals surface area contributed by atoms with Crippen LogP contribution in [0.5, 0.6) is 5.75 Å². The fourth-order valence-electron chi connectivity index (χ4n) is 1.21. The van der Waals surface area contributed by atoms with Crippen molar-refractivity contribution in [2.75, 3.05) is 13.2 Å². The molecule has 0 aliphatic rings. The van der Waals surface area contributed by atoms with Gasteiger partial charge in [-0.15, -0.1) is 0 Å². The predicted octanol–water partition coefficient (Wildman–Crippen LogP) is 1.43.